The van der Waals surface area contributed by atoms with Gasteiger partial charge in [0, 0.05) is 31.7 Å². The third-order valence-corrected chi connectivity index (χ3v) is 4.88. The molecule has 9 nitrogen and oxygen atoms in total. The van der Waals surface area contributed by atoms with Crippen LogP contribution in [0.5, 0.6) is 0 Å². The zero-order valence-electron chi connectivity index (χ0n) is 15.5. The molecular formula is C17H21ClFN9. The maximum absolute atomic E-state index is 14.2. The summed E-state index contributed by atoms with van der Waals surface area (Å²) < 4.78 is 18.1. The number of nitrogens with one attached hydrogen (secondary N) is 2. The number of hydrogen-bond donors (Lipinski definition) is 3. The SMILES string of the molecule is CCNc1nc(Nc2cn(C3CCn4ccnc43)nc2Cl)ncc1C(C)(N)F. The second-order valence-electron chi connectivity index (χ2n) is 6.78. The lowest BCUT2D eigenvalue weighted by Crippen LogP contribution is -2.29. The number of rotatable bonds is 6. The largest absolute Gasteiger partial charge is 0.370 e. The topological polar surface area (TPSA) is 112 Å². The van der Waals surface area contributed by atoms with Gasteiger partial charge in [0.25, 0.3) is 0 Å². The molecule has 2 unspecified atom stereocenters. The smallest absolute Gasteiger partial charge is 0.229 e. The molecule has 0 aliphatic carbocycles. The van der Waals surface area contributed by atoms with Crippen molar-refractivity contribution >= 4 is 29.1 Å². The van der Waals surface area contributed by atoms with E-state index in [-0.39, 0.29) is 22.7 Å². The molecule has 4 heterocycles. The summed E-state index contributed by atoms with van der Waals surface area (Å²) in [5.74, 6) is -0.513. The Labute approximate surface area is 166 Å². The van der Waals surface area contributed by atoms with Gasteiger partial charge in [-0.1, -0.05) is 11.6 Å². The van der Waals surface area contributed by atoms with Crippen molar-refractivity contribution in [3.63, 3.8) is 0 Å². The third kappa shape index (κ3) is 3.40. The number of alkyl halides is 1. The van der Waals surface area contributed by atoms with Gasteiger partial charge in [-0.2, -0.15) is 10.1 Å². The molecule has 4 rings (SSSR count). The van der Waals surface area contributed by atoms with Crippen LogP contribution < -0.4 is 16.4 Å². The summed E-state index contributed by atoms with van der Waals surface area (Å²) in [6, 6.07) is 0.0214. The van der Waals surface area contributed by atoms with Crippen molar-refractivity contribution in [1.29, 1.82) is 0 Å². The van der Waals surface area contributed by atoms with E-state index in [0.29, 0.717) is 18.1 Å². The average molecular weight is 406 g/mol. The van der Waals surface area contributed by atoms with E-state index < -0.39 is 5.79 Å². The first-order valence-electron chi connectivity index (χ1n) is 8.98. The Kier molecular flexibility index (Phi) is 4.68. The van der Waals surface area contributed by atoms with Crippen LogP contribution in [0.15, 0.2) is 24.8 Å². The molecule has 3 aromatic heterocycles. The first kappa shape index (κ1) is 18.6. The molecule has 1 aliphatic heterocycles. The van der Waals surface area contributed by atoms with E-state index in [4.69, 9.17) is 17.3 Å². The number of aryl methyl sites for hydroxylation is 1. The van der Waals surface area contributed by atoms with Crippen molar-refractivity contribution in [2.45, 2.75) is 38.6 Å². The van der Waals surface area contributed by atoms with Gasteiger partial charge in [0.05, 0.1) is 17.4 Å². The predicted octanol–water partition coefficient (Wildman–Crippen LogP) is 2.79. The number of anilines is 3. The lowest BCUT2D eigenvalue weighted by molar-refractivity contribution is 0.203. The van der Waals surface area contributed by atoms with Crippen LogP contribution in [-0.4, -0.2) is 35.8 Å². The van der Waals surface area contributed by atoms with Gasteiger partial charge in [-0.15, -0.1) is 0 Å². The summed E-state index contributed by atoms with van der Waals surface area (Å²) in [6.45, 7) is 4.59. The Morgan fingerprint density at radius 1 is 1.43 bits per heavy atom. The molecule has 0 spiro atoms. The first-order valence-corrected chi connectivity index (χ1v) is 9.36. The fraction of sp³-hybridized carbons (Fsp3) is 0.412. The number of nitrogens with two attached hydrogens (primary N) is 1. The summed E-state index contributed by atoms with van der Waals surface area (Å²) in [5, 5.41) is 10.7. The predicted molar refractivity (Wildman–Crippen MR) is 104 cm³/mol. The van der Waals surface area contributed by atoms with E-state index >= 15 is 0 Å². The summed E-state index contributed by atoms with van der Waals surface area (Å²) in [5.41, 5.74) is 6.30. The number of nitrogens with zero attached hydrogens (tertiary/aromatic N) is 6. The van der Waals surface area contributed by atoms with Crippen LogP contribution in [0.25, 0.3) is 0 Å². The highest BCUT2D eigenvalue weighted by molar-refractivity contribution is 6.32. The fourth-order valence-electron chi connectivity index (χ4n) is 3.28. The van der Waals surface area contributed by atoms with Gasteiger partial charge in [0.15, 0.2) is 10.9 Å². The number of fused-ring (bicyclic) bond motifs is 1. The van der Waals surface area contributed by atoms with E-state index in [9.17, 15) is 4.39 Å². The van der Waals surface area contributed by atoms with E-state index in [2.05, 4.69) is 35.3 Å². The highest BCUT2D eigenvalue weighted by atomic mass is 35.5. The lowest BCUT2D eigenvalue weighted by Gasteiger charge is -2.18. The van der Waals surface area contributed by atoms with Gasteiger partial charge in [-0.05, 0) is 20.3 Å². The molecule has 0 aromatic carbocycles. The van der Waals surface area contributed by atoms with Gasteiger partial charge in [0.1, 0.15) is 17.7 Å². The van der Waals surface area contributed by atoms with Crippen LogP contribution in [0, 0.1) is 0 Å². The summed E-state index contributed by atoms with van der Waals surface area (Å²) in [6.07, 6.45) is 7.78. The Hall–Kier alpha value is -2.72. The number of aromatic nitrogens is 6. The normalized spacial score (nSPS) is 18.0. The fourth-order valence-corrected chi connectivity index (χ4v) is 3.47. The molecule has 0 saturated carbocycles. The summed E-state index contributed by atoms with van der Waals surface area (Å²) >= 11 is 6.31. The monoisotopic (exact) mass is 405 g/mol. The molecule has 0 amide bonds. The highest BCUT2D eigenvalue weighted by Crippen LogP contribution is 2.32. The molecule has 4 N–H and O–H groups in total. The van der Waals surface area contributed by atoms with Crippen LogP contribution in [0.2, 0.25) is 5.15 Å². The lowest BCUT2D eigenvalue weighted by atomic mass is 10.1. The van der Waals surface area contributed by atoms with Gasteiger partial charge < -0.3 is 15.2 Å². The van der Waals surface area contributed by atoms with Gasteiger partial charge in [0.2, 0.25) is 5.95 Å². The van der Waals surface area contributed by atoms with Crippen molar-refractivity contribution in [2.24, 2.45) is 5.73 Å². The van der Waals surface area contributed by atoms with Gasteiger partial charge in [-0.3, -0.25) is 10.4 Å². The van der Waals surface area contributed by atoms with Crippen molar-refractivity contribution in [2.75, 3.05) is 17.2 Å². The highest BCUT2D eigenvalue weighted by Gasteiger charge is 2.28. The Morgan fingerprint density at radius 2 is 2.25 bits per heavy atom. The maximum atomic E-state index is 14.2. The first-order chi connectivity index (χ1) is 13.4. The second-order valence-corrected chi connectivity index (χ2v) is 7.14. The van der Waals surface area contributed by atoms with Crippen LogP contribution in [0.3, 0.4) is 0 Å². The van der Waals surface area contributed by atoms with Crippen LogP contribution >= 0.6 is 11.6 Å². The second kappa shape index (κ2) is 7.02. The quantitative estimate of drug-likeness (QED) is 0.540. The van der Waals surface area contributed by atoms with Gasteiger partial charge >= 0.3 is 0 Å². The molecule has 1 aliphatic rings. The number of hydrogen-bond acceptors (Lipinski definition) is 7. The Bertz CT molecular complexity index is 991. The maximum Gasteiger partial charge on any atom is 0.229 e. The standard InChI is InChI=1S/C17H21ClFN9/c1-3-21-14-10(17(2,19)20)8-23-16(25-14)24-11-9-28(26-13(11)18)12-4-6-27-7-5-22-15(12)27/h5,7-9,12H,3-4,6,20H2,1-2H3,(H2,21,23,24,25). The number of imidazole rings is 1. The molecule has 0 bridgehead atoms. The van der Waals surface area contributed by atoms with E-state index in [0.717, 1.165) is 18.8 Å². The average Bonchev–Trinajstić information content (AvgIpc) is 3.31. The molecule has 0 radical (unpaired) electrons. The molecule has 0 saturated heterocycles. The zero-order valence-corrected chi connectivity index (χ0v) is 16.3. The number of halogens is 2. The van der Waals surface area contributed by atoms with Crippen LogP contribution in [-0.2, 0) is 12.3 Å². The van der Waals surface area contributed by atoms with Crippen LogP contribution in [0.4, 0.5) is 21.8 Å². The van der Waals surface area contributed by atoms with Gasteiger partial charge in [-0.25, -0.2) is 14.4 Å². The van der Waals surface area contributed by atoms with Crippen molar-refractivity contribution in [3.05, 3.63) is 41.3 Å². The van der Waals surface area contributed by atoms with E-state index in [1.165, 1.54) is 13.1 Å². The Balaban J connectivity index is 1.60. The summed E-state index contributed by atoms with van der Waals surface area (Å²) in [7, 11) is 0. The molecule has 11 heteroatoms. The molecule has 148 valence electrons. The van der Waals surface area contributed by atoms with Crippen LogP contribution in [0.1, 0.15) is 37.7 Å². The van der Waals surface area contributed by atoms with Crippen molar-refractivity contribution in [3.8, 4) is 0 Å². The van der Waals surface area contributed by atoms with Crippen molar-refractivity contribution < 1.29 is 4.39 Å². The third-order valence-electron chi connectivity index (χ3n) is 4.60. The minimum absolute atomic E-state index is 0.0214. The Morgan fingerprint density at radius 3 is 3.00 bits per heavy atom. The molecular weight excluding hydrogens is 385 g/mol. The minimum atomic E-state index is -2.05. The van der Waals surface area contributed by atoms with E-state index in [1.807, 2.05) is 13.1 Å². The van der Waals surface area contributed by atoms with E-state index in [1.54, 1.807) is 17.1 Å². The zero-order chi connectivity index (χ0) is 19.9. The summed E-state index contributed by atoms with van der Waals surface area (Å²) in [4.78, 5) is 12.9. The minimum Gasteiger partial charge on any atom is -0.370 e. The molecule has 28 heavy (non-hydrogen) atoms. The molecule has 3 aromatic rings. The molecule has 2 atom stereocenters. The molecule has 0 fully saturated rings. The van der Waals surface area contributed by atoms with Crippen molar-refractivity contribution in [1.82, 2.24) is 29.3 Å².